The van der Waals surface area contributed by atoms with Crippen LogP contribution in [0.4, 0.5) is 0 Å². The molecule has 5 nitrogen and oxygen atoms in total. The average Bonchev–Trinajstić information content (AvgIpc) is 3.05. The number of halogens is 1. The maximum Gasteiger partial charge on any atom is 0.112 e. The minimum absolute atomic E-state index is 0.603. The Morgan fingerprint density at radius 1 is 0.875 bits per heavy atom. The Labute approximate surface area is 193 Å². The first kappa shape index (κ1) is 21.0. The molecule has 2 aromatic carbocycles. The Hall–Kier alpha value is -2.86. The number of aliphatic imine (C=N–C) groups is 1. The number of rotatable bonds is 5. The highest BCUT2D eigenvalue weighted by atomic mass is 35.5. The third kappa shape index (κ3) is 4.51. The predicted octanol–water partition coefficient (Wildman–Crippen LogP) is 4.80. The maximum atomic E-state index is 7.00. The van der Waals surface area contributed by atoms with E-state index in [0.29, 0.717) is 17.1 Å². The number of nitrogens with zero attached hydrogens (tertiary/aromatic N) is 4. The van der Waals surface area contributed by atoms with Gasteiger partial charge in [-0.1, -0.05) is 72.3 Å². The standard InChI is InChI=1S/C26H25ClN4O/c27-24-23-22(29-30-26(24)21-9-5-2-6-10-21)17-19(11-12-31-13-15-32-16-14-31)18-28-25(23)20-7-3-1-4-8-20/h1-10,18H,11-17H2. The molecule has 2 aliphatic rings. The van der Waals surface area contributed by atoms with Gasteiger partial charge in [0.25, 0.3) is 0 Å². The van der Waals surface area contributed by atoms with E-state index in [4.69, 9.17) is 21.3 Å². The zero-order valence-corrected chi connectivity index (χ0v) is 18.6. The first-order chi connectivity index (χ1) is 15.8. The molecule has 32 heavy (non-hydrogen) atoms. The van der Waals surface area contributed by atoms with Gasteiger partial charge in [-0.05, 0) is 12.0 Å². The smallest absolute Gasteiger partial charge is 0.112 e. The molecule has 6 heteroatoms. The summed E-state index contributed by atoms with van der Waals surface area (Å²) in [4.78, 5) is 7.37. The van der Waals surface area contributed by atoms with Crippen molar-refractivity contribution in [3.8, 4) is 11.3 Å². The van der Waals surface area contributed by atoms with Crippen LogP contribution in [0, 0.1) is 0 Å². The topological polar surface area (TPSA) is 50.6 Å². The molecule has 0 bridgehead atoms. The van der Waals surface area contributed by atoms with Crippen LogP contribution < -0.4 is 0 Å². The maximum absolute atomic E-state index is 7.00. The molecular weight excluding hydrogens is 420 g/mol. The van der Waals surface area contributed by atoms with Crippen LogP contribution >= 0.6 is 11.6 Å². The van der Waals surface area contributed by atoms with Crippen molar-refractivity contribution in [2.45, 2.75) is 12.8 Å². The second-order valence-corrected chi connectivity index (χ2v) is 8.44. The monoisotopic (exact) mass is 444 g/mol. The number of fused-ring (bicyclic) bond motifs is 1. The lowest BCUT2D eigenvalue weighted by molar-refractivity contribution is 0.0384. The number of ether oxygens (including phenoxy) is 1. The second kappa shape index (κ2) is 9.74. The van der Waals surface area contributed by atoms with E-state index in [0.717, 1.165) is 67.4 Å². The molecule has 0 atom stereocenters. The fourth-order valence-electron chi connectivity index (χ4n) is 4.17. The van der Waals surface area contributed by atoms with Crippen molar-refractivity contribution in [2.75, 3.05) is 32.8 Å². The summed E-state index contributed by atoms with van der Waals surface area (Å²) in [5, 5.41) is 9.78. The van der Waals surface area contributed by atoms with E-state index in [2.05, 4.69) is 27.2 Å². The van der Waals surface area contributed by atoms with Crippen LogP contribution in [0.5, 0.6) is 0 Å². The van der Waals surface area contributed by atoms with E-state index in [1.54, 1.807) is 0 Å². The van der Waals surface area contributed by atoms with Crippen molar-refractivity contribution in [3.05, 3.63) is 94.3 Å². The van der Waals surface area contributed by atoms with Crippen molar-refractivity contribution in [2.24, 2.45) is 4.99 Å². The third-order valence-electron chi connectivity index (χ3n) is 5.94. The molecule has 0 saturated carbocycles. The van der Waals surface area contributed by atoms with Crippen molar-refractivity contribution < 1.29 is 4.74 Å². The van der Waals surface area contributed by atoms with E-state index in [1.165, 1.54) is 5.57 Å². The molecule has 3 heterocycles. The molecular formula is C26H25ClN4O. The van der Waals surface area contributed by atoms with Crippen LogP contribution in [-0.4, -0.2) is 53.7 Å². The second-order valence-electron chi connectivity index (χ2n) is 8.06. The van der Waals surface area contributed by atoms with E-state index >= 15 is 0 Å². The average molecular weight is 445 g/mol. The van der Waals surface area contributed by atoms with E-state index < -0.39 is 0 Å². The molecule has 2 aliphatic heterocycles. The predicted molar refractivity (Wildman–Crippen MR) is 128 cm³/mol. The Morgan fingerprint density at radius 2 is 1.56 bits per heavy atom. The summed E-state index contributed by atoms with van der Waals surface area (Å²) in [6, 6.07) is 20.1. The Kier molecular flexibility index (Phi) is 6.39. The molecule has 0 aliphatic carbocycles. The van der Waals surface area contributed by atoms with Crippen molar-refractivity contribution in [1.82, 2.24) is 15.1 Å². The van der Waals surface area contributed by atoms with Crippen LogP contribution in [0.1, 0.15) is 23.2 Å². The molecule has 1 saturated heterocycles. The van der Waals surface area contributed by atoms with Gasteiger partial charge in [0.05, 0.1) is 29.6 Å². The third-order valence-corrected chi connectivity index (χ3v) is 6.31. The summed E-state index contributed by atoms with van der Waals surface area (Å²) in [6.45, 7) is 4.57. The molecule has 0 unspecified atom stereocenters. The summed E-state index contributed by atoms with van der Waals surface area (Å²) >= 11 is 7.00. The molecule has 1 aromatic heterocycles. The van der Waals surface area contributed by atoms with Gasteiger partial charge < -0.3 is 4.74 Å². The van der Waals surface area contributed by atoms with Crippen molar-refractivity contribution >= 4 is 17.3 Å². The van der Waals surface area contributed by atoms with E-state index in [1.807, 2.05) is 54.7 Å². The highest BCUT2D eigenvalue weighted by molar-refractivity contribution is 6.38. The van der Waals surface area contributed by atoms with Gasteiger partial charge in [0.15, 0.2) is 0 Å². The zero-order chi connectivity index (χ0) is 21.8. The van der Waals surface area contributed by atoms with Gasteiger partial charge in [-0.25, -0.2) is 0 Å². The summed E-state index contributed by atoms with van der Waals surface area (Å²) in [5.41, 5.74) is 6.50. The summed E-state index contributed by atoms with van der Waals surface area (Å²) in [7, 11) is 0. The molecule has 1 fully saturated rings. The lowest BCUT2D eigenvalue weighted by Gasteiger charge is -2.26. The Bertz CT molecular complexity index is 1140. The number of hydrogen-bond acceptors (Lipinski definition) is 5. The molecule has 0 amide bonds. The molecule has 5 rings (SSSR count). The first-order valence-corrected chi connectivity index (χ1v) is 11.4. The van der Waals surface area contributed by atoms with Crippen LogP contribution in [-0.2, 0) is 11.2 Å². The summed E-state index contributed by atoms with van der Waals surface area (Å²) in [5.74, 6) is 0. The van der Waals surface area contributed by atoms with Crippen LogP contribution in [0.2, 0.25) is 5.02 Å². The lowest BCUT2D eigenvalue weighted by atomic mass is 9.96. The van der Waals surface area contributed by atoms with Gasteiger partial charge in [-0.2, -0.15) is 5.10 Å². The fraction of sp³-hybridized carbons (Fsp3) is 0.269. The van der Waals surface area contributed by atoms with Crippen molar-refractivity contribution in [3.63, 3.8) is 0 Å². The highest BCUT2D eigenvalue weighted by Crippen LogP contribution is 2.34. The fourth-order valence-corrected chi connectivity index (χ4v) is 4.52. The minimum Gasteiger partial charge on any atom is -0.379 e. The van der Waals surface area contributed by atoms with Crippen LogP contribution in [0.3, 0.4) is 0 Å². The van der Waals surface area contributed by atoms with Gasteiger partial charge in [-0.15, -0.1) is 5.10 Å². The zero-order valence-electron chi connectivity index (χ0n) is 17.9. The van der Waals surface area contributed by atoms with E-state index in [-0.39, 0.29) is 0 Å². The Balaban J connectivity index is 1.53. The summed E-state index contributed by atoms with van der Waals surface area (Å²) in [6.07, 6.45) is 3.63. The van der Waals surface area contributed by atoms with Gasteiger partial charge in [-0.3, -0.25) is 9.89 Å². The molecule has 0 radical (unpaired) electrons. The first-order valence-electron chi connectivity index (χ1n) is 11.0. The highest BCUT2D eigenvalue weighted by Gasteiger charge is 2.24. The SMILES string of the molecule is Clc1c(-c2ccccc2)nnc2c1C(c1ccccc1)=NC=C(CCN1CCOCC1)C2. The van der Waals surface area contributed by atoms with Gasteiger partial charge in [0.1, 0.15) is 5.69 Å². The Morgan fingerprint density at radius 3 is 2.28 bits per heavy atom. The molecule has 0 spiro atoms. The quantitative estimate of drug-likeness (QED) is 0.567. The number of hydrogen-bond donors (Lipinski definition) is 0. The van der Waals surface area contributed by atoms with Gasteiger partial charge in [0, 0.05) is 48.9 Å². The number of aromatic nitrogens is 2. The van der Waals surface area contributed by atoms with Crippen molar-refractivity contribution in [1.29, 1.82) is 0 Å². The summed E-state index contributed by atoms with van der Waals surface area (Å²) < 4.78 is 5.47. The normalized spacial score (nSPS) is 16.7. The van der Waals surface area contributed by atoms with E-state index in [9.17, 15) is 0 Å². The largest absolute Gasteiger partial charge is 0.379 e. The molecule has 0 N–H and O–H groups in total. The number of morpholine rings is 1. The van der Waals surface area contributed by atoms with Gasteiger partial charge >= 0.3 is 0 Å². The molecule has 3 aromatic rings. The van der Waals surface area contributed by atoms with Crippen LogP contribution in [0.15, 0.2) is 77.4 Å². The van der Waals surface area contributed by atoms with Crippen LogP contribution in [0.25, 0.3) is 11.3 Å². The lowest BCUT2D eigenvalue weighted by Crippen LogP contribution is -2.37. The molecule has 162 valence electrons. The van der Waals surface area contributed by atoms with Gasteiger partial charge in [0.2, 0.25) is 0 Å². The number of benzene rings is 2. The minimum atomic E-state index is 0.603.